The number of carboxylic acid groups (broad SMARTS) is 2. The molecule has 0 aliphatic carbocycles. The van der Waals surface area contributed by atoms with Gasteiger partial charge in [-0.2, -0.15) is 0 Å². The zero-order chi connectivity index (χ0) is 31.6. The molecule has 1 aromatic rings. The molecule has 43 heavy (non-hydrogen) atoms. The van der Waals surface area contributed by atoms with Gasteiger partial charge in [-0.3, -0.25) is 4.79 Å². The molecule has 11 nitrogen and oxygen atoms in total. The van der Waals surface area contributed by atoms with Gasteiger partial charge in [-0.15, -0.1) is 0 Å². The Hall–Kier alpha value is -3.44. The molecule has 2 heterocycles. The topological polar surface area (TPSA) is 131 Å². The summed E-state index contributed by atoms with van der Waals surface area (Å²) in [6.45, 7) is 15.3. The maximum absolute atomic E-state index is 13.6. The lowest BCUT2D eigenvalue weighted by Crippen LogP contribution is -2.49. The highest BCUT2D eigenvalue weighted by molar-refractivity contribution is 5.94. The summed E-state index contributed by atoms with van der Waals surface area (Å²) >= 11 is 0. The van der Waals surface area contributed by atoms with Crippen molar-refractivity contribution in [1.82, 2.24) is 19.6 Å². The quantitative estimate of drug-likeness (QED) is 0.212. The molecule has 240 valence electrons. The molecule has 1 aromatic carbocycles. The highest BCUT2D eigenvalue weighted by Gasteiger charge is 2.24. The summed E-state index contributed by atoms with van der Waals surface area (Å²) in [5.41, 5.74) is 0.676. The van der Waals surface area contributed by atoms with Gasteiger partial charge in [0.05, 0.1) is 6.54 Å². The molecule has 2 N–H and O–H groups in total. The molecule has 0 spiro atoms. The first-order valence-electron chi connectivity index (χ1n) is 15.4. The summed E-state index contributed by atoms with van der Waals surface area (Å²) in [5.74, 6) is -1.75. The molecule has 0 unspecified atom stereocenters. The predicted octanol–water partition coefficient (Wildman–Crippen LogP) is 4.08. The largest absolute Gasteiger partial charge is 0.492 e. The number of carbonyl (C=O) groups is 4. The van der Waals surface area contributed by atoms with Crippen LogP contribution in [0.3, 0.4) is 0 Å². The number of aliphatic carboxylic acids is 2. The molecule has 0 atom stereocenters. The molecular formula is C32H50N4O7. The van der Waals surface area contributed by atoms with Gasteiger partial charge in [-0.25, -0.2) is 14.4 Å². The van der Waals surface area contributed by atoms with Crippen molar-refractivity contribution in [3.8, 4) is 5.75 Å². The molecule has 2 saturated heterocycles. The predicted molar refractivity (Wildman–Crippen MR) is 166 cm³/mol. The van der Waals surface area contributed by atoms with Crippen LogP contribution >= 0.6 is 0 Å². The van der Waals surface area contributed by atoms with Crippen molar-refractivity contribution >= 4 is 23.8 Å². The summed E-state index contributed by atoms with van der Waals surface area (Å²) in [7, 11) is 0. The Balaban J connectivity index is 0.000000708. The van der Waals surface area contributed by atoms with E-state index >= 15 is 0 Å². The number of hydrogen-bond donors (Lipinski definition) is 2. The van der Waals surface area contributed by atoms with E-state index in [4.69, 9.17) is 14.9 Å². The van der Waals surface area contributed by atoms with Crippen molar-refractivity contribution in [2.75, 3.05) is 65.5 Å². The summed E-state index contributed by atoms with van der Waals surface area (Å²) in [5, 5.41) is 15.6. The fourth-order valence-corrected chi connectivity index (χ4v) is 5.23. The third-order valence-corrected chi connectivity index (χ3v) is 7.57. The van der Waals surface area contributed by atoms with Crippen LogP contribution in [0.2, 0.25) is 0 Å². The Kier molecular flexibility index (Phi) is 16.4. The van der Waals surface area contributed by atoms with Crippen molar-refractivity contribution in [2.45, 2.75) is 65.3 Å². The highest BCUT2D eigenvalue weighted by atomic mass is 16.5. The van der Waals surface area contributed by atoms with Crippen LogP contribution in [0.5, 0.6) is 5.75 Å². The standard InChI is InChI=1S/C28H46N4O3.C4H4O4/c1-24(2)32(22-23-35-27-12-10-26(11-13-27)25(3)33)28(34)31(20-8-18-29-14-4-5-15-29)21-9-19-30-16-6-7-17-30;5-3(6)1-2-4(7)8/h10-13,24H,4-9,14-23H2,1-3H3;1-2H,(H,5,6)(H,7,8)/b;2-1-. The van der Waals surface area contributed by atoms with Gasteiger partial charge in [0, 0.05) is 36.8 Å². The Labute approximate surface area is 256 Å². The Morgan fingerprint density at radius 1 is 0.814 bits per heavy atom. The van der Waals surface area contributed by atoms with E-state index in [9.17, 15) is 19.2 Å². The minimum Gasteiger partial charge on any atom is -0.492 e. The number of Topliss-reactive ketones (excluding diaryl/α,β-unsaturated/α-hetero) is 1. The van der Waals surface area contributed by atoms with Gasteiger partial charge in [0.2, 0.25) is 0 Å². The first-order valence-corrected chi connectivity index (χ1v) is 15.4. The minimum atomic E-state index is -1.26. The van der Waals surface area contributed by atoms with Gasteiger partial charge < -0.3 is 34.5 Å². The van der Waals surface area contributed by atoms with Crippen LogP contribution in [-0.4, -0.2) is 125 Å². The van der Waals surface area contributed by atoms with Crippen molar-refractivity contribution in [3.63, 3.8) is 0 Å². The Morgan fingerprint density at radius 3 is 1.67 bits per heavy atom. The number of urea groups is 1. The number of benzene rings is 1. The number of nitrogens with zero attached hydrogens (tertiary/aromatic N) is 4. The first kappa shape index (κ1) is 35.8. The van der Waals surface area contributed by atoms with Crippen molar-refractivity contribution in [2.24, 2.45) is 0 Å². The number of likely N-dealkylation sites (tertiary alicyclic amines) is 2. The zero-order valence-electron chi connectivity index (χ0n) is 26.1. The van der Waals surface area contributed by atoms with Crippen LogP contribution in [0.1, 0.15) is 69.7 Å². The molecule has 2 fully saturated rings. The minimum absolute atomic E-state index is 0.0442. The first-order chi connectivity index (χ1) is 20.6. The zero-order valence-corrected chi connectivity index (χ0v) is 26.1. The number of carbonyl (C=O) groups excluding carboxylic acids is 2. The Morgan fingerprint density at radius 2 is 1.28 bits per heavy atom. The van der Waals surface area contributed by atoms with Crippen LogP contribution in [0.4, 0.5) is 4.79 Å². The molecule has 0 bridgehead atoms. The van der Waals surface area contributed by atoms with Crippen LogP contribution in [0.25, 0.3) is 0 Å². The van der Waals surface area contributed by atoms with E-state index in [1.165, 1.54) is 51.9 Å². The number of hydrogen-bond acceptors (Lipinski definition) is 7. The SMILES string of the molecule is CC(=O)c1ccc(OCCN(C(=O)N(CCCN2CCCC2)CCCN2CCCC2)C(C)C)cc1.O=C(O)/C=C\C(=O)O. The molecule has 0 radical (unpaired) electrons. The Bertz CT molecular complexity index is 995. The third kappa shape index (κ3) is 14.5. The molecule has 2 aliphatic rings. The maximum atomic E-state index is 13.6. The monoisotopic (exact) mass is 602 g/mol. The van der Waals surface area contributed by atoms with E-state index in [-0.39, 0.29) is 17.9 Å². The second-order valence-corrected chi connectivity index (χ2v) is 11.3. The van der Waals surface area contributed by atoms with Crippen molar-refractivity contribution in [1.29, 1.82) is 0 Å². The number of amides is 2. The lowest BCUT2D eigenvalue weighted by molar-refractivity contribution is -0.134. The van der Waals surface area contributed by atoms with Crippen LogP contribution in [0.15, 0.2) is 36.4 Å². The fourth-order valence-electron chi connectivity index (χ4n) is 5.23. The summed E-state index contributed by atoms with van der Waals surface area (Å²) in [6, 6.07) is 7.43. The van der Waals surface area contributed by atoms with E-state index in [1.54, 1.807) is 19.1 Å². The van der Waals surface area contributed by atoms with Gasteiger partial charge in [-0.05, 0) is 123 Å². The van der Waals surface area contributed by atoms with Crippen LogP contribution < -0.4 is 4.74 Å². The molecule has 3 rings (SSSR count). The third-order valence-electron chi connectivity index (χ3n) is 7.57. The van der Waals surface area contributed by atoms with Gasteiger partial charge in [0.1, 0.15) is 12.4 Å². The second kappa shape index (κ2) is 19.7. The number of rotatable bonds is 16. The average Bonchev–Trinajstić information content (AvgIpc) is 3.68. The van der Waals surface area contributed by atoms with Crippen molar-refractivity contribution < 1.29 is 34.1 Å². The second-order valence-electron chi connectivity index (χ2n) is 11.3. The normalized spacial score (nSPS) is 15.3. The molecule has 2 aliphatic heterocycles. The van der Waals surface area contributed by atoms with Gasteiger partial charge in [-0.1, -0.05) is 0 Å². The van der Waals surface area contributed by atoms with Gasteiger partial charge in [0.15, 0.2) is 5.78 Å². The van der Waals surface area contributed by atoms with Crippen LogP contribution in [0, 0.1) is 0 Å². The summed E-state index contributed by atoms with van der Waals surface area (Å²) in [6.07, 6.45) is 8.38. The molecular weight excluding hydrogens is 552 g/mol. The number of ketones is 1. The van der Waals surface area contributed by atoms with Crippen LogP contribution in [-0.2, 0) is 9.59 Å². The number of ether oxygens (including phenoxy) is 1. The molecule has 2 amide bonds. The maximum Gasteiger partial charge on any atom is 0.328 e. The highest BCUT2D eigenvalue weighted by Crippen LogP contribution is 2.15. The van der Waals surface area contributed by atoms with E-state index < -0.39 is 11.9 Å². The number of carboxylic acids is 2. The summed E-state index contributed by atoms with van der Waals surface area (Å²) < 4.78 is 5.91. The van der Waals surface area contributed by atoms with E-state index in [0.717, 1.165) is 44.8 Å². The lowest BCUT2D eigenvalue weighted by atomic mass is 10.1. The van der Waals surface area contributed by atoms with Gasteiger partial charge >= 0.3 is 18.0 Å². The van der Waals surface area contributed by atoms with E-state index in [2.05, 4.69) is 28.5 Å². The van der Waals surface area contributed by atoms with E-state index in [1.807, 2.05) is 17.0 Å². The average molecular weight is 603 g/mol. The van der Waals surface area contributed by atoms with Gasteiger partial charge in [0.25, 0.3) is 0 Å². The fraction of sp³-hybridized carbons (Fsp3) is 0.625. The molecule has 0 aromatic heterocycles. The lowest BCUT2D eigenvalue weighted by Gasteiger charge is -2.34. The molecule has 11 heteroatoms. The van der Waals surface area contributed by atoms with E-state index in [0.29, 0.717) is 30.9 Å². The molecule has 0 saturated carbocycles. The summed E-state index contributed by atoms with van der Waals surface area (Å²) in [4.78, 5) is 53.3. The smallest absolute Gasteiger partial charge is 0.328 e. The van der Waals surface area contributed by atoms with Crippen molar-refractivity contribution in [3.05, 3.63) is 42.0 Å².